The van der Waals surface area contributed by atoms with Crippen LogP contribution in [-0.2, 0) is 5.41 Å². The second kappa shape index (κ2) is 27.9. The molecule has 0 radical (unpaired) electrons. The Balaban J connectivity index is 0.000000105. The molecule has 25 rings (SSSR count). The fourth-order valence-electron chi connectivity index (χ4n) is 19.6. The maximum absolute atomic E-state index is 4.83. The van der Waals surface area contributed by atoms with E-state index in [1.807, 2.05) is 73.4 Å². The van der Waals surface area contributed by atoms with Crippen molar-refractivity contribution < 1.29 is 0 Å². The zero-order valence-corrected chi connectivity index (χ0v) is 65.3. The van der Waals surface area contributed by atoms with Crippen LogP contribution in [0.3, 0.4) is 0 Å². The second-order valence-electron chi connectivity index (χ2n) is 31.6. The molecule has 24 aromatic rings. The van der Waals surface area contributed by atoms with Crippen molar-refractivity contribution in [1.29, 1.82) is 0 Å². The first-order valence-electron chi connectivity index (χ1n) is 40.8. The quantitative estimate of drug-likeness (QED) is 0.148. The Morgan fingerprint density at radius 1 is 0.218 bits per heavy atom. The molecule has 0 bridgehead atoms. The van der Waals surface area contributed by atoms with Crippen LogP contribution in [0.2, 0.25) is 0 Å². The Kier molecular flexibility index (Phi) is 16.2. The van der Waals surface area contributed by atoms with Crippen molar-refractivity contribution >= 4 is 169 Å². The highest BCUT2D eigenvalue weighted by Gasteiger charge is 2.36. The molecule has 1 aliphatic carbocycles. The molecule has 0 N–H and O–H groups in total. The third-order valence-electron chi connectivity index (χ3n) is 24.9. The van der Waals surface area contributed by atoms with Gasteiger partial charge >= 0.3 is 0 Å². The smallest absolute Gasteiger partial charge is 0.138 e. The van der Waals surface area contributed by atoms with Crippen LogP contribution in [0.4, 0.5) is 17.3 Å². The second-order valence-corrected chi connectivity index (χ2v) is 31.6. The Morgan fingerprint density at radius 3 is 1.07 bits per heavy atom. The van der Waals surface area contributed by atoms with E-state index in [2.05, 4.69) is 367 Å². The molecule has 7 nitrogen and oxygen atoms in total. The predicted octanol–water partition coefficient (Wildman–Crippen LogP) is 29.7. The van der Waals surface area contributed by atoms with Crippen molar-refractivity contribution in [2.45, 2.75) is 19.3 Å². The van der Waals surface area contributed by atoms with E-state index in [0.29, 0.717) is 0 Å². The van der Waals surface area contributed by atoms with Crippen LogP contribution >= 0.6 is 0 Å². The summed E-state index contributed by atoms with van der Waals surface area (Å²) >= 11 is 0. The van der Waals surface area contributed by atoms with Crippen molar-refractivity contribution in [1.82, 2.24) is 29.5 Å². The predicted molar refractivity (Wildman–Crippen MR) is 501 cm³/mol. The van der Waals surface area contributed by atoms with Crippen molar-refractivity contribution in [2.75, 3.05) is 4.90 Å². The van der Waals surface area contributed by atoms with Crippen molar-refractivity contribution in [3.8, 4) is 50.2 Å². The number of aromatic nitrogens is 6. The molecule has 0 aliphatic heterocycles. The average molecular weight is 1520 g/mol. The molecule has 0 fully saturated rings. The minimum absolute atomic E-state index is 0.0246. The molecule has 0 unspecified atom stereocenters. The highest BCUT2D eigenvalue weighted by molar-refractivity contribution is 6.35. The van der Waals surface area contributed by atoms with Crippen LogP contribution in [-0.4, -0.2) is 29.5 Å². The van der Waals surface area contributed by atoms with Crippen LogP contribution in [0, 0.1) is 0 Å². The number of anilines is 3. The van der Waals surface area contributed by atoms with Gasteiger partial charge in [-0.2, -0.15) is 0 Å². The summed E-state index contributed by atoms with van der Waals surface area (Å²) in [5.41, 5.74) is 20.7. The monoisotopic (exact) mass is 1520 g/mol. The number of pyridine rings is 5. The van der Waals surface area contributed by atoms with E-state index in [9.17, 15) is 0 Å². The molecule has 119 heavy (non-hydrogen) atoms. The van der Waals surface area contributed by atoms with Gasteiger partial charge in [-0.25, -0.2) is 9.97 Å². The van der Waals surface area contributed by atoms with E-state index in [4.69, 9.17) is 15.0 Å². The van der Waals surface area contributed by atoms with Crippen LogP contribution in [0.15, 0.2) is 407 Å². The highest BCUT2D eigenvalue weighted by atomic mass is 15.2. The van der Waals surface area contributed by atoms with Gasteiger partial charge in [0.15, 0.2) is 0 Å². The summed E-state index contributed by atoms with van der Waals surface area (Å²) in [6.45, 7) is 4.71. The fraction of sp³-hybridized carbons (Fsp3) is 0.0268. The third kappa shape index (κ3) is 11.1. The molecule has 1 aliphatic rings. The minimum Gasteiger partial charge on any atom is -0.309 e. The number of para-hydroxylation sites is 2. The summed E-state index contributed by atoms with van der Waals surface area (Å²) in [7, 11) is 0. The van der Waals surface area contributed by atoms with Gasteiger partial charge in [0.2, 0.25) is 0 Å². The summed E-state index contributed by atoms with van der Waals surface area (Å²) in [6, 6.07) is 135. The van der Waals surface area contributed by atoms with E-state index in [1.165, 1.54) is 191 Å². The standard InChI is InChI=1S/C39H24N2.C37H24N4.C36H25N/c1-2-11-26(12-3-1)41-36-19-9-8-15-29(36)34-23-25(20-21-37(34)41)33-24-35-28-14-5-7-17-31(28)39-32(18-10-22-40-39)38(35)30-16-6-4-13-27(30)33;1-3-12-29-27(10-1)32(24-33-28-11-2-4-13-30(28)37-31(36(29)33)14-9-23-40-37)25-17-19-26(20-18-25)41(34-15-5-7-21-38-34)35-16-6-8-22-39-35;1-36(2)32-16-8-7-12-25(32)26-18-17-22(20-33(26)36)30-21-31-24-11-4-6-14-28(24)35-29(15-9-19-37-35)34(31)27-13-5-3-10-23(27)30/h2*1-24H;3-21H,1-2H3. The number of hydrogen-bond acceptors (Lipinski definition) is 6. The lowest BCUT2D eigenvalue weighted by molar-refractivity contribution is 0.660. The molecule has 0 saturated carbocycles. The first-order chi connectivity index (χ1) is 58.9. The van der Waals surface area contributed by atoms with E-state index >= 15 is 0 Å². The zero-order chi connectivity index (χ0) is 78.8. The largest absolute Gasteiger partial charge is 0.309 e. The van der Waals surface area contributed by atoms with Crippen molar-refractivity contribution in [3.63, 3.8) is 0 Å². The Morgan fingerprint density at radius 2 is 0.580 bits per heavy atom. The van der Waals surface area contributed by atoms with Crippen LogP contribution in [0.1, 0.15) is 25.0 Å². The lowest BCUT2D eigenvalue weighted by Crippen LogP contribution is -2.14. The van der Waals surface area contributed by atoms with E-state index < -0.39 is 0 Å². The summed E-state index contributed by atoms with van der Waals surface area (Å²) in [5.74, 6) is 1.64. The van der Waals surface area contributed by atoms with E-state index in [-0.39, 0.29) is 5.41 Å². The first kappa shape index (κ1) is 69.0. The average Bonchev–Trinajstić information content (AvgIpc) is 1.07. The molecule has 0 atom stereocenters. The number of hydrogen-bond donors (Lipinski definition) is 0. The number of fused-ring (bicyclic) bond motifs is 30. The summed E-state index contributed by atoms with van der Waals surface area (Å²) in [5, 5.41) is 28.5. The lowest BCUT2D eigenvalue weighted by atomic mass is 9.81. The summed E-state index contributed by atoms with van der Waals surface area (Å²) in [4.78, 5) is 25.8. The third-order valence-corrected chi connectivity index (χ3v) is 24.9. The van der Waals surface area contributed by atoms with Gasteiger partial charge in [-0.05, 0) is 246 Å². The molecule has 0 spiro atoms. The molecule has 7 heteroatoms. The van der Waals surface area contributed by atoms with Gasteiger partial charge in [0.25, 0.3) is 0 Å². The molecule has 556 valence electrons. The zero-order valence-electron chi connectivity index (χ0n) is 65.3. The van der Waals surface area contributed by atoms with Crippen LogP contribution < -0.4 is 4.90 Å². The Bertz CT molecular complexity index is 8230. The van der Waals surface area contributed by atoms with Crippen LogP contribution in [0.25, 0.3) is 202 Å². The van der Waals surface area contributed by atoms with Crippen LogP contribution in [0.5, 0.6) is 0 Å². The maximum atomic E-state index is 4.83. The molecule has 0 amide bonds. The van der Waals surface area contributed by atoms with Crippen molar-refractivity contribution in [3.05, 3.63) is 418 Å². The molecule has 0 saturated heterocycles. The molecular formula is C112H73N7. The summed E-state index contributed by atoms with van der Waals surface area (Å²) in [6.07, 6.45) is 9.31. The molecule has 6 aromatic heterocycles. The number of benzene rings is 18. The van der Waals surface area contributed by atoms with Crippen molar-refractivity contribution in [2.24, 2.45) is 0 Å². The normalized spacial score (nSPS) is 12.4. The molecule has 18 aromatic carbocycles. The van der Waals surface area contributed by atoms with Gasteiger partial charge < -0.3 is 4.57 Å². The summed E-state index contributed by atoms with van der Waals surface area (Å²) < 4.78 is 2.37. The Hall–Kier alpha value is -15.6. The molecule has 6 heterocycles. The first-order valence-corrected chi connectivity index (χ1v) is 40.8. The van der Waals surface area contributed by atoms with Gasteiger partial charge in [-0.3, -0.25) is 19.9 Å². The van der Waals surface area contributed by atoms with Gasteiger partial charge in [0.05, 0.1) is 27.6 Å². The number of rotatable bonds is 7. The topological polar surface area (TPSA) is 72.6 Å². The highest BCUT2D eigenvalue weighted by Crippen LogP contribution is 2.52. The minimum atomic E-state index is -0.0246. The van der Waals surface area contributed by atoms with Gasteiger partial charge in [0.1, 0.15) is 11.6 Å². The van der Waals surface area contributed by atoms with E-state index in [1.54, 1.807) is 0 Å². The lowest BCUT2D eigenvalue weighted by Gasteiger charge is -2.23. The van der Waals surface area contributed by atoms with Gasteiger partial charge in [-0.15, -0.1) is 0 Å². The number of nitrogens with zero attached hydrogens (tertiary/aromatic N) is 7. The Labute approximate surface area is 686 Å². The van der Waals surface area contributed by atoms with E-state index in [0.717, 1.165) is 39.4 Å². The maximum Gasteiger partial charge on any atom is 0.138 e. The van der Waals surface area contributed by atoms with Gasteiger partial charge in [0, 0.05) is 90.9 Å². The fourth-order valence-corrected chi connectivity index (χ4v) is 19.6. The SMILES string of the molecule is CC1(C)c2ccccc2-c2ccc(-c3cc4c5ccccc5c5ncccc5c4c4ccccc34)cc21.c1ccc(-n2c3ccccc3c3cc(-c4cc5c6ccccc6c6ncccc6c5c5ccccc45)ccc32)cc1.c1ccc(N(c2ccc(-c3cc4c5ccccc5c5ncccc5c4c4ccccc34)cc2)c2ccccn2)nc1. The molecular weight excluding hydrogens is 1440 g/mol. The van der Waals surface area contributed by atoms with Gasteiger partial charge in [-0.1, -0.05) is 281 Å².